The molecule has 0 aromatic heterocycles. The van der Waals surface area contributed by atoms with Gasteiger partial charge in [-0.2, -0.15) is 0 Å². The standard InChI is InChI=1S/C16H20N2O3/c1-3-7-17(8-4-2)16(21)18-10-13-6-5-12(15(19)20)9-14(13)11-18/h3,5-6,9H,1,4,7-8,10-11H2,2H3,(H,19,20). The zero-order chi connectivity index (χ0) is 15.4. The molecule has 112 valence electrons. The topological polar surface area (TPSA) is 60.9 Å². The number of hydrogen-bond acceptors (Lipinski definition) is 2. The summed E-state index contributed by atoms with van der Waals surface area (Å²) in [6.07, 6.45) is 2.61. The molecule has 0 unspecified atom stereocenters. The molecule has 2 rings (SSSR count). The smallest absolute Gasteiger partial charge is 0.335 e. The van der Waals surface area contributed by atoms with Gasteiger partial charge in [-0.3, -0.25) is 0 Å². The maximum Gasteiger partial charge on any atom is 0.335 e. The Kier molecular flexibility index (Phi) is 4.62. The van der Waals surface area contributed by atoms with Gasteiger partial charge in [-0.05, 0) is 29.7 Å². The minimum absolute atomic E-state index is 0.0233. The van der Waals surface area contributed by atoms with Gasteiger partial charge in [0.2, 0.25) is 0 Å². The molecule has 0 aliphatic carbocycles. The molecule has 1 aromatic carbocycles. The molecule has 0 saturated heterocycles. The molecule has 1 aliphatic heterocycles. The van der Waals surface area contributed by atoms with Crippen LogP contribution in [0.5, 0.6) is 0 Å². The van der Waals surface area contributed by atoms with Gasteiger partial charge in [0.25, 0.3) is 0 Å². The number of rotatable bonds is 5. The summed E-state index contributed by atoms with van der Waals surface area (Å²) in [5.41, 5.74) is 2.20. The van der Waals surface area contributed by atoms with Crippen LogP contribution in [0.2, 0.25) is 0 Å². The number of urea groups is 1. The van der Waals surface area contributed by atoms with Crippen LogP contribution >= 0.6 is 0 Å². The Bertz CT molecular complexity index is 569. The summed E-state index contributed by atoms with van der Waals surface area (Å²) >= 11 is 0. The van der Waals surface area contributed by atoms with Crippen LogP contribution in [0.1, 0.15) is 34.8 Å². The van der Waals surface area contributed by atoms with Crippen LogP contribution in [0.25, 0.3) is 0 Å². The van der Waals surface area contributed by atoms with Crippen molar-refractivity contribution in [2.75, 3.05) is 13.1 Å². The lowest BCUT2D eigenvalue weighted by atomic mass is 10.1. The Balaban J connectivity index is 2.12. The summed E-state index contributed by atoms with van der Waals surface area (Å²) in [6.45, 7) is 7.93. The van der Waals surface area contributed by atoms with Crippen LogP contribution in [0.3, 0.4) is 0 Å². The summed E-state index contributed by atoms with van der Waals surface area (Å²) in [7, 11) is 0. The van der Waals surface area contributed by atoms with E-state index in [-0.39, 0.29) is 11.6 Å². The molecule has 1 heterocycles. The highest BCUT2D eigenvalue weighted by Crippen LogP contribution is 2.25. The van der Waals surface area contributed by atoms with E-state index in [0.29, 0.717) is 26.2 Å². The van der Waals surface area contributed by atoms with E-state index >= 15 is 0 Å². The van der Waals surface area contributed by atoms with Crippen molar-refractivity contribution in [3.63, 3.8) is 0 Å². The monoisotopic (exact) mass is 288 g/mol. The first kappa shape index (κ1) is 15.1. The fourth-order valence-electron chi connectivity index (χ4n) is 2.55. The Hall–Kier alpha value is -2.30. The zero-order valence-electron chi connectivity index (χ0n) is 12.2. The number of carbonyl (C=O) groups excluding carboxylic acids is 1. The van der Waals surface area contributed by atoms with Crippen molar-refractivity contribution in [2.24, 2.45) is 0 Å². The summed E-state index contributed by atoms with van der Waals surface area (Å²) in [6, 6.07) is 5.01. The lowest BCUT2D eigenvalue weighted by Gasteiger charge is -2.26. The average molecular weight is 288 g/mol. The van der Waals surface area contributed by atoms with Crippen LogP contribution in [0.4, 0.5) is 4.79 Å². The first-order valence-electron chi connectivity index (χ1n) is 7.06. The Morgan fingerprint density at radius 1 is 1.38 bits per heavy atom. The third kappa shape index (κ3) is 3.24. The number of aromatic carboxylic acids is 1. The first-order valence-corrected chi connectivity index (χ1v) is 7.06. The highest BCUT2D eigenvalue weighted by atomic mass is 16.4. The molecule has 0 atom stereocenters. The fourth-order valence-corrected chi connectivity index (χ4v) is 2.55. The molecule has 0 saturated carbocycles. The van der Waals surface area contributed by atoms with Crippen molar-refractivity contribution < 1.29 is 14.7 Å². The molecule has 0 fully saturated rings. The minimum atomic E-state index is -0.943. The lowest BCUT2D eigenvalue weighted by molar-refractivity contribution is 0.0696. The van der Waals surface area contributed by atoms with E-state index in [1.165, 1.54) is 0 Å². The molecular weight excluding hydrogens is 268 g/mol. The van der Waals surface area contributed by atoms with Gasteiger partial charge in [-0.25, -0.2) is 9.59 Å². The number of carbonyl (C=O) groups is 2. The van der Waals surface area contributed by atoms with Crippen molar-refractivity contribution in [3.05, 3.63) is 47.5 Å². The SMILES string of the molecule is C=CCN(CCC)C(=O)N1Cc2ccc(C(=O)O)cc2C1. The third-order valence-electron chi connectivity index (χ3n) is 3.56. The van der Waals surface area contributed by atoms with E-state index in [9.17, 15) is 9.59 Å². The van der Waals surface area contributed by atoms with Crippen molar-refractivity contribution >= 4 is 12.0 Å². The molecule has 1 aliphatic rings. The number of hydrogen-bond donors (Lipinski definition) is 1. The zero-order valence-corrected chi connectivity index (χ0v) is 12.2. The van der Waals surface area contributed by atoms with E-state index in [2.05, 4.69) is 6.58 Å². The van der Waals surface area contributed by atoms with Crippen LogP contribution in [0.15, 0.2) is 30.9 Å². The van der Waals surface area contributed by atoms with Crippen LogP contribution in [-0.2, 0) is 13.1 Å². The van der Waals surface area contributed by atoms with E-state index in [1.807, 2.05) is 6.92 Å². The largest absolute Gasteiger partial charge is 0.478 e. The molecule has 1 N–H and O–H groups in total. The maximum absolute atomic E-state index is 12.5. The third-order valence-corrected chi connectivity index (χ3v) is 3.56. The van der Waals surface area contributed by atoms with E-state index in [0.717, 1.165) is 17.5 Å². The normalized spacial score (nSPS) is 12.9. The molecule has 5 heteroatoms. The molecular formula is C16H20N2O3. The molecule has 0 spiro atoms. The number of amides is 2. The second-order valence-corrected chi connectivity index (χ2v) is 5.16. The van der Waals surface area contributed by atoms with Crippen molar-refractivity contribution in [1.82, 2.24) is 9.80 Å². The molecule has 1 aromatic rings. The Labute approximate surface area is 124 Å². The second-order valence-electron chi connectivity index (χ2n) is 5.16. The quantitative estimate of drug-likeness (QED) is 0.847. The highest BCUT2D eigenvalue weighted by molar-refractivity contribution is 5.88. The number of benzene rings is 1. The molecule has 0 radical (unpaired) electrons. The summed E-state index contributed by atoms with van der Waals surface area (Å²) in [5.74, 6) is -0.943. The minimum Gasteiger partial charge on any atom is -0.478 e. The van der Waals surface area contributed by atoms with Gasteiger partial charge in [0.15, 0.2) is 0 Å². The van der Waals surface area contributed by atoms with Gasteiger partial charge in [-0.1, -0.05) is 19.1 Å². The predicted octanol–water partition coefficient (Wildman–Crippen LogP) is 2.72. The van der Waals surface area contributed by atoms with Crippen LogP contribution < -0.4 is 0 Å². The first-order chi connectivity index (χ1) is 10.1. The number of carboxylic acids is 1. The van der Waals surface area contributed by atoms with Crippen molar-refractivity contribution in [2.45, 2.75) is 26.4 Å². The summed E-state index contributed by atoms with van der Waals surface area (Å²) in [4.78, 5) is 27.0. The molecule has 2 amide bonds. The van der Waals surface area contributed by atoms with Crippen molar-refractivity contribution in [1.29, 1.82) is 0 Å². The van der Waals surface area contributed by atoms with Gasteiger partial charge < -0.3 is 14.9 Å². The number of fused-ring (bicyclic) bond motifs is 1. The predicted molar refractivity (Wildman–Crippen MR) is 80.1 cm³/mol. The van der Waals surface area contributed by atoms with Gasteiger partial charge in [-0.15, -0.1) is 6.58 Å². The van der Waals surface area contributed by atoms with Gasteiger partial charge in [0, 0.05) is 26.2 Å². The van der Waals surface area contributed by atoms with E-state index in [4.69, 9.17) is 5.11 Å². The van der Waals surface area contributed by atoms with Gasteiger partial charge >= 0.3 is 12.0 Å². The highest BCUT2D eigenvalue weighted by Gasteiger charge is 2.27. The molecule has 0 bridgehead atoms. The van der Waals surface area contributed by atoms with E-state index < -0.39 is 5.97 Å². The van der Waals surface area contributed by atoms with Gasteiger partial charge in [0.1, 0.15) is 0 Å². The fraction of sp³-hybridized carbons (Fsp3) is 0.375. The second kappa shape index (κ2) is 6.43. The lowest BCUT2D eigenvalue weighted by Crippen LogP contribution is -2.41. The summed E-state index contributed by atoms with van der Waals surface area (Å²) < 4.78 is 0. The molecule has 21 heavy (non-hydrogen) atoms. The maximum atomic E-state index is 12.5. The van der Waals surface area contributed by atoms with E-state index in [1.54, 1.807) is 34.1 Å². The Morgan fingerprint density at radius 2 is 2.10 bits per heavy atom. The van der Waals surface area contributed by atoms with Crippen LogP contribution in [0, 0.1) is 0 Å². The van der Waals surface area contributed by atoms with Crippen LogP contribution in [-0.4, -0.2) is 40.0 Å². The summed E-state index contributed by atoms with van der Waals surface area (Å²) in [5, 5.41) is 9.02. The number of nitrogens with zero attached hydrogens (tertiary/aromatic N) is 2. The average Bonchev–Trinajstić information content (AvgIpc) is 2.89. The number of carboxylic acid groups (broad SMARTS) is 1. The van der Waals surface area contributed by atoms with Crippen molar-refractivity contribution in [3.8, 4) is 0 Å². The van der Waals surface area contributed by atoms with Gasteiger partial charge in [0.05, 0.1) is 5.56 Å². The molecule has 5 nitrogen and oxygen atoms in total. The Morgan fingerprint density at radius 3 is 2.71 bits per heavy atom.